The van der Waals surface area contributed by atoms with E-state index in [1.54, 1.807) is 18.7 Å². The van der Waals surface area contributed by atoms with Crippen LogP contribution in [0.4, 0.5) is 5.69 Å². The molecule has 0 aliphatic carbocycles. The molecule has 21 heavy (non-hydrogen) atoms. The van der Waals surface area contributed by atoms with Gasteiger partial charge in [0.15, 0.2) is 0 Å². The predicted octanol–water partition coefficient (Wildman–Crippen LogP) is 2.89. The lowest BCUT2D eigenvalue weighted by molar-refractivity contribution is -0.145. The molecule has 1 heterocycles. The van der Waals surface area contributed by atoms with Gasteiger partial charge in [0.25, 0.3) is 0 Å². The van der Waals surface area contributed by atoms with Gasteiger partial charge in [-0.3, -0.25) is 9.59 Å². The Morgan fingerprint density at radius 1 is 1.14 bits per heavy atom. The van der Waals surface area contributed by atoms with Gasteiger partial charge in [0, 0.05) is 18.8 Å². The summed E-state index contributed by atoms with van der Waals surface area (Å²) in [5.74, 6) is -0.323. The van der Waals surface area contributed by atoms with E-state index in [1.807, 2.05) is 32.0 Å². The number of aryl methyl sites for hydroxylation is 2. The lowest BCUT2D eigenvalue weighted by atomic mass is 9.90. The molecule has 114 valence electrons. The Kier molecular flexibility index (Phi) is 4.35. The molecule has 1 aliphatic heterocycles. The van der Waals surface area contributed by atoms with Crippen LogP contribution in [0.15, 0.2) is 18.2 Å². The molecule has 0 spiro atoms. The fourth-order valence-corrected chi connectivity index (χ4v) is 2.56. The maximum Gasteiger partial charge on any atom is 0.239 e. The second-order valence-corrected chi connectivity index (χ2v) is 6.40. The molecule has 1 saturated heterocycles. The topological polar surface area (TPSA) is 49.4 Å². The smallest absolute Gasteiger partial charge is 0.239 e. The van der Waals surface area contributed by atoms with E-state index < -0.39 is 5.41 Å². The molecule has 0 atom stereocenters. The van der Waals surface area contributed by atoms with Crippen LogP contribution in [0.3, 0.4) is 0 Å². The molecule has 2 amide bonds. The lowest BCUT2D eigenvalue weighted by Crippen LogP contribution is -2.46. The number of carbonyl (C=O) groups excluding carboxylic acids is 2. The molecule has 4 nitrogen and oxygen atoms in total. The number of benzene rings is 1. The fraction of sp³-hybridized carbons (Fsp3) is 0.529. The van der Waals surface area contributed by atoms with Crippen molar-refractivity contribution < 1.29 is 9.59 Å². The van der Waals surface area contributed by atoms with Gasteiger partial charge in [-0.15, -0.1) is 0 Å². The third-order valence-electron chi connectivity index (χ3n) is 4.14. The fourth-order valence-electron chi connectivity index (χ4n) is 2.56. The third kappa shape index (κ3) is 3.26. The summed E-state index contributed by atoms with van der Waals surface area (Å²) in [5, 5.41) is 2.91. The van der Waals surface area contributed by atoms with E-state index in [0.717, 1.165) is 42.7 Å². The second-order valence-electron chi connectivity index (χ2n) is 6.40. The maximum atomic E-state index is 12.5. The number of carbonyl (C=O) groups is 2. The first kappa shape index (κ1) is 15.5. The summed E-state index contributed by atoms with van der Waals surface area (Å²) in [6.07, 6.45) is 2.06. The molecule has 0 radical (unpaired) electrons. The van der Waals surface area contributed by atoms with Gasteiger partial charge in [-0.1, -0.05) is 12.1 Å². The molecular weight excluding hydrogens is 264 g/mol. The first-order chi connectivity index (χ1) is 9.82. The average molecular weight is 288 g/mol. The molecule has 4 heteroatoms. The van der Waals surface area contributed by atoms with Gasteiger partial charge in [0.05, 0.1) is 0 Å². The zero-order chi connectivity index (χ0) is 15.6. The van der Waals surface area contributed by atoms with Crippen LogP contribution in [0.25, 0.3) is 0 Å². The molecule has 1 aliphatic rings. The van der Waals surface area contributed by atoms with Crippen molar-refractivity contribution in [1.82, 2.24) is 4.90 Å². The van der Waals surface area contributed by atoms with Crippen molar-refractivity contribution >= 4 is 17.5 Å². The number of hydrogen-bond acceptors (Lipinski definition) is 2. The van der Waals surface area contributed by atoms with Crippen LogP contribution in [0.1, 0.15) is 37.8 Å². The van der Waals surface area contributed by atoms with Crippen LogP contribution in [0.5, 0.6) is 0 Å². The molecule has 0 bridgehead atoms. The van der Waals surface area contributed by atoms with Crippen LogP contribution in [0.2, 0.25) is 0 Å². The largest absolute Gasteiger partial charge is 0.342 e. The number of hydrogen-bond donors (Lipinski definition) is 1. The Hall–Kier alpha value is -1.84. The van der Waals surface area contributed by atoms with Crippen molar-refractivity contribution in [3.8, 4) is 0 Å². The Morgan fingerprint density at radius 2 is 1.76 bits per heavy atom. The summed E-state index contributed by atoms with van der Waals surface area (Å²) in [5.41, 5.74) is 1.82. The zero-order valence-electron chi connectivity index (χ0n) is 13.3. The van der Waals surface area contributed by atoms with Gasteiger partial charge < -0.3 is 10.2 Å². The minimum atomic E-state index is -1.04. The molecule has 1 fully saturated rings. The van der Waals surface area contributed by atoms with Crippen molar-refractivity contribution in [2.45, 2.75) is 40.5 Å². The minimum absolute atomic E-state index is 0.0807. The van der Waals surface area contributed by atoms with Crippen molar-refractivity contribution in [2.75, 3.05) is 18.4 Å². The molecule has 0 unspecified atom stereocenters. The summed E-state index contributed by atoms with van der Waals surface area (Å²) in [6, 6.07) is 5.91. The molecule has 1 N–H and O–H groups in total. The number of anilines is 1. The van der Waals surface area contributed by atoms with Gasteiger partial charge in [-0.25, -0.2) is 0 Å². The summed E-state index contributed by atoms with van der Waals surface area (Å²) in [4.78, 5) is 26.8. The predicted molar refractivity (Wildman–Crippen MR) is 84.1 cm³/mol. The minimum Gasteiger partial charge on any atom is -0.342 e. The zero-order valence-corrected chi connectivity index (χ0v) is 13.3. The molecule has 1 aromatic carbocycles. The van der Waals surface area contributed by atoms with Crippen molar-refractivity contribution in [3.63, 3.8) is 0 Å². The highest BCUT2D eigenvalue weighted by Gasteiger charge is 2.40. The van der Waals surface area contributed by atoms with E-state index in [9.17, 15) is 9.59 Å². The Bertz CT molecular complexity index is 558. The van der Waals surface area contributed by atoms with E-state index >= 15 is 0 Å². The summed E-state index contributed by atoms with van der Waals surface area (Å²) >= 11 is 0. The SMILES string of the molecule is Cc1ccc(C)c(NC(=O)C(C)(C)C(=O)N2CCCC2)c1. The van der Waals surface area contributed by atoms with Crippen LogP contribution < -0.4 is 5.32 Å². The molecule has 0 saturated carbocycles. The van der Waals surface area contributed by atoms with E-state index in [-0.39, 0.29) is 11.8 Å². The van der Waals surface area contributed by atoms with Gasteiger partial charge in [0.2, 0.25) is 11.8 Å². The normalized spacial score (nSPS) is 15.1. The summed E-state index contributed by atoms with van der Waals surface area (Å²) in [7, 11) is 0. The highest BCUT2D eigenvalue weighted by molar-refractivity contribution is 6.10. The molecule has 1 aromatic rings. The van der Waals surface area contributed by atoms with Crippen LogP contribution in [0, 0.1) is 19.3 Å². The molecular formula is C17H24N2O2. The first-order valence-electron chi connectivity index (χ1n) is 7.50. The molecule has 0 aromatic heterocycles. The number of amides is 2. The second kappa shape index (κ2) is 5.88. The van der Waals surface area contributed by atoms with E-state index in [4.69, 9.17) is 0 Å². The Balaban J connectivity index is 2.14. The lowest BCUT2D eigenvalue weighted by Gasteiger charge is -2.28. The van der Waals surface area contributed by atoms with Crippen LogP contribution in [-0.2, 0) is 9.59 Å². The third-order valence-corrected chi connectivity index (χ3v) is 4.14. The highest BCUT2D eigenvalue weighted by atomic mass is 16.2. The van der Waals surface area contributed by atoms with Gasteiger partial charge >= 0.3 is 0 Å². The monoisotopic (exact) mass is 288 g/mol. The average Bonchev–Trinajstić information content (AvgIpc) is 2.95. The van der Waals surface area contributed by atoms with Crippen molar-refractivity contribution in [2.24, 2.45) is 5.41 Å². The number of rotatable bonds is 3. The van der Waals surface area contributed by atoms with E-state index in [2.05, 4.69) is 5.32 Å². The van der Waals surface area contributed by atoms with Gasteiger partial charge in [-0.2, -0.15) is 0 Å². The molecule has 2 rings (SSSR count). The van der Waals surface area contributed by atoms with Gasteiger partial charge in [-0.05, 0) is 57.7 Å². The Labute approximate surface area is 126 Å². The van der Waals surface area contributed by atoms with E-state index in [1.165, 1.54) is 0 Å². The number of likely N-dealkylation sites (tertiary alicyclic amines) is 1. The van der Waals surface area contributed by atoms with E-state index in [0.29, 0.717) is 0 Å². The quantitative estimate of drug-likeness (QED) is 0.869. The van der Waals surface area contributed by atoms with Crippen molar-refractivity contribution in [3.05, 3.63) is 29.3 Å². The Morgan fingerprint density at radius 3 is 2.38 bits per heavy atom. The maximum absolute atomic E-state index is 12.5. The van der Waals surface area contributed by atoms with Crippen LogP contribution in [-0.4, -0.2) is 29.8 Å². The number of nitrogens with zero attached hydrogens (tertiary/aromatic N) is 1. The van der Waals surface area contributed by atoms with Crippen molar-refractivity contribution in [1.29, 1.82) is 0 Å². The van der Waals surface area contributed by atoms with Crippen LogP contribution >= 0.6 is 0 Å². The summed E-state index contributed by atoms with van der Waals surface area (Å²) < 4.78 is 0. The highest BCUT2D eigenvalue weighted by Crippen LogP contribution is 2.25. The first-order valence-corrected chi connectivity index (χ1v) is 7.50. The van der Waals surface area contributed by atoms with Gasteiger partial charge in [0.1, 0.15) is 5.41 Å². The number of nitrogens with one attached hydrogen (secondary N) is 1. The summed E-state index contributed by atoms with van der Waals surface area (Å²) in [6.45, 7) is 8.86. The standard InChI is InChI=1S/C17H24N2O2/c1-12-7-8-13(2)14(11-12)18-15(20)17(3,4)16(21)19-9-5-6-10-19/h7-8,11H,5-6,9-10H2,1-4H3,(H,18,20).